The first-order valence-electron chi connectivity index (χ1n) is 7.86. The molecule has 13 nitrogen and oxygen atoms in total. The number of hydrogen-bond donors (Lipinski definition) is 6. The van der Waals surface area contributed by atoms with E-state index in [4.69, 9.17) is 26.0 Å². The largest absolute Gasteiger partial charge is 0.377 e. The molecule has 0 aromatic heterocycles. The average molecular weight is 434 g/mol. The Balaban J connectivity index is 3.79. The smallest absolute Gasteiger partial charge is 0.264 e. The maximum atomic E-state index is 11.7. The fourth-order valence-corrected chi connectivity index (χ4v) is 2.48. The highest BCUT2D eigenvalue weighted by molar-refractivity contribution is 7.94. The van der Waals surface area contributed by atoms with Gasteiger partial charge in [0.05, 0.1) is 19.0 Å². The Morgan fingerprint density at radius 3 is 2.04 bits per heavy atom. The lowest BCUT2D eigenvalue weighted by molar-refractivity contribution is -0.432. The molecule has 8 N–H and O–H groups in total. The molecule has 0 spiro atoms. The first-order valence-corrected chi connectivity index (χ1v) is 10.4. The molecule has 2 unspecified atom stereocenters. The molecule has 0 saturated carbocycles. The van der Waals surface area contributed by atoms with Gasteiger partial charge in [-0.05, 0) is 12.8 Å². The van der Waals surface area contributed by atoms with Gasteiger partial charge in [0.1, 0.15) is 12.1 Å². The lowest BCUT2D eigenvalue weighted by Crippen LogP contribution is -2.47. The second-order valence-corrected chi connectivity index (χ2v) is 7.64. The minimum absolute atomic E-state index is 0.0298. The van der Waals surface area contributed by atoms with Crippen LogP contribution in [0.1, 0.15) is 12.8 Å². The Bertz CT molecular complexity index is 535. The Kier molecular flexibility index (Phi) is 14.4. The molecule has 0 radical (unpaired) electrons. The number of nitrogens with two attached hydrogens (primary N) is 2. The van der Waals surface area contributed by atoms with Crippen molar-refractivity contribution in [2.75, 3.05) is 37.8 Å². The van der Waals surface area contributed by atoms with Crippen LogP contribution in [0.4, 0.5) is 0 Å². The number of nitrogens with one attached hydrogen (secondary N) is 2. The van der Waals surface area contributed by atoms with Crippen LogP contribution in [0, 0.1) is 0 Å². The maximum absolute atomic E-state index is 11.7. The van der Waals surface area contributed by atoms with Crippen LogP contribution < -0.4 is 22.1 Å². The zero-order valence-electron chi connectivity index (χ0n) is 14.5. The van der Waals surface area contributed by atoms with Gasteiger partial charge >= 0.3 is 0 Å². The zero-order chi connectivity index (χ0) is 20.7. The van der Waals surface area contributed by atoms with Crippen LogP contribution in [0.2, 0.25) is 0 Å². The summed E-state index contributed by atoms with van der Waals surface area (Å²) in [5, 5.41) is 16.3. The van der Waals surface area contributed by atoms with Gasteiger partial charge in [0.2, 0.25) is 11.8 Å². The van der Waals surface area contributed by atoms with Crippen LogP contribution in [-0.2, 0) is 33.8 Å². The summed E-state index contributed by atoms with van der Waals surface area (Å²) in [4.78, 5) is 23.3. The van der Waals surface area contributed by atoms with Crippen LogP contribution in [0.15, 0.2) is 0 Å². The monoisotopic (exact) mass is 434 g/mol. The summed E-state index contributed by atoms with van der Waals surface area (Å²) in [5.41, 5.74) is 11.2. The van der Waals surface area contributed by atoms with E-state index in [1.54, 1.807) is 0 Å². The van der Waals surface area contributed by atoms with Crippen molar-refractivity contribution in [1.82, 2.24) is 10.6 Å². The van der Waals surface area contributed by atoms with Crippen molar-refractivity contribution in [2.24, 2.45) is 11.5 Å². The van der Waals surface area contributed by atoms with Crippen molar-refractivity contribution in [3.63, 3.8) is 0 Å². The van der Waals surface area contributed by atoms with E-state index in [2.05, 4.69) is 20.0 Å². The van der Waals surface area contributed by atoms with Crippen LogP contribution in [-0.4, -0.2) is 79.9 Å². The lowest BCUT2D eigenvalue weighted by Gasteiger charge is -2.15. The van der Waals surface area contributed by atoms with E-state index in [1.165, 1.54) is 0 Å². The molecule has 0 bridgehead atoms. The number of rotatable bonds is 16. The van der Waals surface area contributed by atoms with E-state index in [0.717, 1.165) is 12.0 Å². The van der Waals surface area contributed by atoms with E-state index in [1.807, 2.05) is 0 Å². The highest BCUT2D eigenvalue weighted by Gasteiger charge is 2.17. The zero-order valence-corrected chi connectivity index (χ0v) is 16.2. The molecule has 2 atom stereocenters. The van der Waals surface area contributed by atoms with E-state index in [-0.39, 0.29) is 26.2 Å². The van der Waals surface area contributed by atoms with E-state index >= 15 is 0 Å². The number of carbonyl (C=O) groups is 2. The molecular weight excluding hydrogens is 408 g/mol. The van der Waals surface area contributed by atoms with Gasteiger partial charge in [-0.3, -0.25) is 14.1 Å². The van der Waals surface area contributed by atoms with Crippen molar-refractivity contribution >= 4 is 34.0 Å². The first-order chi connectivity index (χ1) is 12.7. The van der Waals surface area contributed by atoms with Crippen molar-refractivity contribution in [3.8, 4) is 0 Å². The van der Waals surface area contributed by atoms with Crippen molar-refractivity contribution < 1.29 is 41.9 Å². The van der Waals surface area contributed by atoms with Gasteiger partial charge in [-0.2, -0.15) is 8.42 Å². The maximum Gasteiger partial charge on any atom is 0.264 e. The van der Waals surface area contributed by atoms with Gasteiger partial charge in [-0.1, -0.05) is 5.04 Å². The topological polar surface area (TPSA) is 213 Å². The Hall–Kier alpha value is -1.04. The fourth-order valence-electron chi connectivity index (χ4n) is 1.60. The summed E-state index contributed by atoms with van der Waals surface area (Å²) in [6, 6.07) is -1.96. The Morgan fingerprint density at radius 2 is 1.56 bits per heavy atom. The van der Waals surface area contributed by atoms with Crippen molar-refractivity contribution in [1.29, 1.82) is 0 Å². The fraction of sp³-hybridized carbons (Fsp3) is 0.833. The number of hydrogen-bond acceptors (Lipinski definition) is 11. The lowest BCUT2D eigenvalue weighted by atomic mass is 10.3. The molecule has 27 heavy (non-hydrogen) atoms. The minimum Gasteiger partial charge on any atom is -0.377 e. The normalized spacial score (nSPS) is 13.8. The third kappa shape index (κ3) is 15.7. The van der Waals surface area contributed by atoms with Crippen molar-refractivity contribution in [3.05, 3.63) is 0 Å². The van der Waals surface area contributed by atoms with Gasteiger partial charge < -0.3 is 26.8 Å². The highest BCUT2D eigenvalue weighted by Crippen LogP contribution is 2.02. The molecule has 0 fully saturated rings. The summed E-state index contributed by atoms with van der Waals surface area (Å²) in [7, 11) is -4.07. The second-order valence-electron chi connectivity index (χ2n) is 5.29. The van der Waals surface area contributed by atoms with E-state index < -0.39 is 39.8 Å². The van der Waals surface area contributed by atoms with Crippen LogP contribution >= 0.6 is 12.0 Å². The molecule has 0 aliphatic rings. The van der Waals surface area contributed by atoms with E-state index in [0.29, 0.717) is 18.7 Å². The quantitative estimate of drug-likeness (QED) is 0.0494. The van der Waals surface area contributed by atoms with Crippen molar-refractivity contribution in [2.45, 2.75) is 24.9 Å². The number of carbonyl (C=O) groups excluding carboxylic acids is 2. The SMILES string of the molecule is NC(COCC(N)C(=O)NCCCS(=O)(=O)O)C(=O)NCCCSOOO. The van der Waals surface area contributed by atoms with Gasteiger partial charge in [-0.15, -0.1) is 4.33 Å². The van der Waals surface area contributed by atoms with E-state index in [9.17, 15) is 18.0 Å². The number of ether oxygens (including phenoxy) is 1. The Morgan fingerprint density at radius 1 is 1.04 bits per heavy atom. The molecule has 0 saturated heterocycles. The minimum atomic E-state index is -4.07. The van der Waals surface area contributed by atoms with Gasteiger partial charge in [0.15, 0.2) is 0 Å². The number of amides is 2. The summed E-state index contributed by atoms with van der Waals surface area (Å²) >= 11 is 0.868. The predicted molar refractivity (Wildman–Crippen MR) is 95.7 cm³/mol. The standard InChI is InChI=1S/C12H26N4O9S2/c13-9(11(17)15-3-1-5-26-25-24-19)7-23-8-10(14)12(18)16-4-2-6-27(20,21)22/h9-10,19H,1-8,13-14H2,(H,15,17)(H,16,18)(H,20,21,22). The molecule has 0 aromatic rings. The summed E-state index contributed by atoms with van der Waals surface area (Å²) in [5.74, 6) is -0.998. The summed E-state index contributed by atoms with van der Waals surface area (Å²) < 4.78 is 38.9. The summed E-state index contributed by atoms with van der Waals surface area (Å²) in [6.45, 7) is 0.0355. The van der Waals surface area contributed by atoms with Gasteiger partial charge in [0.25, 0.3) is 10.1 Å². The first kappa shape index (κ1) is 26.0. The Labute approximate surface area is 161 Å². The molecule has 160 valence electrons. The molecule has 0 rings (SSSR count). The second kappa shape index (κ2) is 14.9. The predicted octanol–water partition coefficient (Wildman–Crippen LogP) is -2.37. The molecule has 2 amide bonds. The van der Waals surface area contributed by atoms with Gasteiger partial charge in [0, 0.05) is 30.9 Å². The average Bonchev–Trinajstić information content (AvgIpc) is 2.60. The third-order valence-electron chi connectivity index (χ3n) is 2.93. The third-order valence-corrected chi connectivity index (χ3v) is 4.35. The van der Waals surface area contributed by atoms with Crippen LogP contribution in [0.3, 0.4) is 0 Å². The molecule has 0 heterocycles. The molecule has 0 aliphatic heterocycles. The molecule has 0 aromatic carbocycles. The molecule has 15 heteroatoms. The summed E-state index contributed by atoms with van der Waals surface area (Å²) in [6.07, 6.45) is 0.594. The molecule has 0 aliphatic carbocycles. The highest BCUT2D eigenvalue weighted by atomic mass is 32.2. The van der Waals surface area contributed by atoms with Gasteiger partial charge in [-0.25, -0.2) is 5.26 Å². The van der Waals surface area contributed by atoms with Crippen LogP contribution in [0.5, 0.6) is 0 Å². The molecular formula is C12H26N4O9S2. The van der Waals surface area contributed by atoms with Crippen LogP contribution in [0.25, 0.3) is 0 Å².